The molecule has 0 fully saturated rings. The number of nitrogens with zero attached hydrogens (tertiary/aromatic N) is 4. The zero-order chi connectivity index (χ0) is 15.2. The number of anilines is 4. The fourth-order valence-corrected chi connectivity index (χ4v) is 1.84. The lowest BCUT2D eigenvalue weighted by atomic mass is 10.2. The summed E-state index contributed by atoms with van der Waals surface area (Å²) in [7, 11) is 0. The van der Waals surface area contributed by atoms with E-state index in [0.29, 0.717) is 17.3 Å². The summed E-state index contributed by atoms with van der Waals surface area (Å²) in [6, 6.07) is 18.8. The van der Waals surface area contributed by atoms with Crippen molar-refractivity contribution in [1.29, 1.82) is 5.26 Å². The summed E-state index contributed by atoms with van der Waals surface area (Å²) >= 11 is 0. The Labute approximate surface area is 127 Å². The zero-order valence-corrected chi connectivity index (χ0v) is 11.6. The summed E-state index contributed by atoms with van der Waals surface area (Å²) in [5.74, 6) is 0.975. The van der Waals surface area contributed by atoms with Crippen LogP contribution >= 0.6 is 0 Å². The summed E-state index contributed by atoms with van der Waals surface area (Å²) in [6.07, 6.45) is 1.55. The number of hydrogen-bond acceptors (Lipinski definition) is 6. The van der Waals surface area contributed by atoms with Crippen LogP contribution in [-0.2, 0) is 0 Å². The van der Waals surface area contributed by atoms with Crippen LogP contribution < -0.4 is 10.6 Å². The number of hydrogen-bond donors (Lipinski definition) is 2. The molecule has 2 aromatic carbocycles. The third-order valence-corrected chi connectivity index (χ3v) is 2.88. The third kappa shape index (κ3) is 3.35. The van der Waals surface area contributed by atoms with E-state index in [9.17, 15) is 0 Å². The van der Waals surface area contributed by atoms with Crippen molar-refractivity contribution < 1.29 is 0 Å². The first-order valence-electron chi connectivity index (χ1n) is 6.62. The van der Waals surface area contributed by atoms with Crippen molar-refractivity contribution in [1.82, 2.24) is 15.2 Å². The first-order chi connectivity index (χ1) is 10.8. The summed E-state index contributed by atoms with van der Waals surface area (Å²) in [5.41, 5.74) is 2.31. The molecule has 3 rings (SSSR count). The van der Waals surface area contributed by atoms with Gasteiger partial charge >= 0.3 is 0 Å². The topological polar surface area (TPSA) is 86.5 Å². The largest absolute Gasteiger partial charge is 0.339 e. The fraction of sp³-hybridized carbons (Fsp3) is 0. The Balaban J connectivity index is 1.74. The van der Waals surface area contributed by atoms with Gasteiger partial charge in [0.05, 0.1) is 17.8 Å². The van der Waals surface area contributed by atoms with E-state index in [0.717, 1.165) is 11.4 Å². The molecule has 6 nitrogen and oxygen atoms in total. The molecular formula is C16H12N6. The first-order valence-corrected chi connectivity index (χ1v) is 6.62. The van der Waals surface area contributed by atoms with Crippen LogP contribution in [-0.4, -0.2) is 15.2 Å². The molecule has 0 aliphatic carbocycles. The predicted molar refractivity (Wildman–Crippen MR) is 84.0 cm³/mol. The average molecular weight is 288 g/mol. The van der Waals surface area contributed by atoms with E-state index in [2.05, 4.69) is 31.9 Å². The Bertz CT molecular complexity index is 793. The van der Waals surface area contributed by atoms with E-state index in [-0.39, 0.29) is 0 Å². The van der Waals surface area contributed by atoms with Crippen LogP contribution in [0.25, 0.3) is 0 Å². The summed E-state index contributed by atoms with van der Waals surface area (Å²) < 4.78 is 0. The molecule has 0 aliphatic heterocycles. The average Bonchev–Trinajstić information content (AvgIpc) is 2.57. The van der Waals surface area contributed by atoms with Crippen LogP contribution in [0.1, 0.15) is 5.56 Å². The van der Waals surface area contributed by atoms with Gasteiger partial charge in [0.15, 0.2) is 5.82 Å². The van der Waals surface area contributed by atoms with Crippen molar-refractivity contribution >= 4 is 23.1 Å². The minimum absolute atomic E-state index is 0.380. The molecule has 0 radical (unpaired) electrons. The molecule has 1 aromatic heterocycles. The maximum atomic E-state index is 8.78. The molecule has 6 heteroatoms. The molecule has 0 bridgehead atoms. The third-order valence-electron chi connectivity index (χ3n) is 2.88. The first kappa shape index (κ1) is 13.5. The quantitative estimate of drug-likeness (QED) is 0.766. The smallest absolute Gasteiger partial charge is 0.249 e. The van der Waals surface area contributed by atoms with E-state index in [1.807, 2.05) is 30.3 Å². The van der Waals surface area contributed by atoms with Crippen molar-refractivity contribution in [3.63, 3.8) is 0 Å². The lowest BCUT2D eigenvalue weighted by Gasteiger charge is -2.07. The van der Waals surface area contributed by atoms with Gasteiger partial charge in [-0.1, -0.05) is 18.2 Å². The summed E-state index contributed by atoms with van der Waals surface area (Å²) in [5, 5.41) is 22.8. The van der Waals surface area contributed by atoms with Gasteiger partial charge in [-0.25, -0.2) is 0 Å². The second-order valence-corrected chi connectivity index (χ2v) is 4.47. The van der Waals surface area contributed by atoms with Crippen molar-refractivity contribution in [2.24, 2.45) is 0 Å². The van der Waals surface area contributed by atoms with Crippen LogP contribution in [0, 0.1) is 11.3 Å². The van der Waals surface area contributed by atoms with Crippen LogP contribution in [0.15, 0.2) is 60.8 Å². The van der Waals surface area contributed by atoms with Crippen LogP contribution in [0.3, 0.4) is 0 Å². The van der Waals surface area contributed by atoms with E-state index < -0.39 is 0 Å². The van der Waals surface area contributed by atoms with Gasteiger partial charge in [-0.15, -0.1) is 5.10 Å². The van der Waals surface area contributed by atoms with Crippen molar-refractivity contribution in [2.45, 2.75) is 0 Å². The van der Waals surface area contributed by atoms with E-state index in [4.69, 9.17) is 5.26 Å². The molecule has 0 aliphatic rings. The monoisotopic (exact) mass is 288 g/mol. The molecule has 106 valence electrons. The van der Waals surface area contributed by atoms with Crippen LogP contribution in [0.4, 0.5) is 23.1 Å². The van der Waals surface area contributed by atoms with Crippen LogP contribution in [0.5, 0.6) is 0 Å². The van der Waals surface area contributed by atoms with Crippen molar-refractivity contribution in [2.75, 3.05) is 10.6 Å². The Hall–Kier alpha value is -3.46. The van der Waals surface area contributed by atoms with E-state index in [1.54, 1.807) is 30.5 Å². The molecule has 0 saturated heterocycles. The molecule has 0 atom stereocenters. The van der Waals surface area contributed by atoms with Gasteiger partial charge < -0.3 is 10.6 Å². The molecule has 22 heavy (non-hydrogen) atoms. The van der Waals surface area contributed by atoms with Gasteiger partial charge in [0.25, 0.3) is 0 Å². The minimum atomic E-state index is 0.380. The summed E-state index contributed by atoms with van der Waals surface area (Å²) in [4.78, 5) is 4.35. The van der Waals surface area contributed by atoms with Gasteiger partial charge in [-0.05, 0) is 36.4 Å². The highest BCUT2D eigenvalue weighted by Crippen LogP contribution is 2.16. The number of benzene rings is 2. The van der Waals surface area contributed by atoms with E-state index in [1.165, 1.54) is 0 Å². The Morgan fingerprint density at radius 3 is 2.32 bits per heavy atom. The van der Waals surface area contributed by atoms with Crippen LogP contribution in [0.2, 0.25) is 0 Å². The van der Waals surface area contributed by atoms with Gasteiger partial charge in [-0.3, -0.25) is 0 Å². The predicted octanol–water partition coefficient (Wildman–Crippen LogP) is 3.23. The zero-order valence-electron chi connectivity index (χ0n) is 11.6. The van der Waals surface area contributed by atoms with Gasteiger partial charge in [-0.2, -0.15) is 15.3 Å². The highest BCUT2D eigenvalue weighted by atomic mass is 15.3. The number of rotatable bonds is 4. The maximum Gasteiger partial charge on any atom is 0.249 e. The Morgan fingerprint density at radius 1 is 0.864 bits per heavy atom. The minimum Gasteiger partial charge on any atom is -0.339 e. The molecule has 0 amide bonds. The Morgan fingerprint density at radius 2 is 1.59 bits per heavy atom. The lowest BCUT2D eigenvalue weighted by molar-refractivity contribution is 0.982. The van der Waals surface area contributed by atoms with Crippen molar-refractivity contribution in [3.8, 4) is 6.07 Å². The Kier molecular flexibility index (Phi) is 3.89. The second kappa shape index (κ2) is 6.33. The second-order valence-electron chi connectivity index (χ2n) is 4.47. The van der Waals surface area contributed by atoms with Crippen molar-refractivity contribution in [3.05, 3.63) is 66.4 Å². The summed E-state index contributed by atoms with van der Waals surface area (Å²) in [6.45, 7) is 0. The molecule has 0 unspecified atom stereocenters. The SMILES string of the molecule is N#Cc1ccc(Nc2nncc(Nc3ccccc3)n2)cc1. The molecule has 3 aromatic rings. The highest BCUT2D eigenvalue weighted by molar-refractivity contribution is 5.58. The maximum absolute atomic E-state index is 8.78. The lowest BCUT2D eigenvalue weighted by Crippen LogP contribution is -2.02. The number of para-hydroxylation sites is 1. The van der Waals surface area contributed by atoms with E-state index >= 15 is 0 Å². The molecule has 1 heterocycles. The number of nitrogens with one attached hydrogen (secondary N) is 2. The molecular weight excluding hydrogens is 276 g/mol. The van der Waals surface area contributed by atoms with Gasteiger partial charge in [0, 0.05) is 11.4 Å². The molecule has 0 spiro atoms. The van der Waals surface area contributed by atoms with Gasteiger partial charge in [0.1, 0.15) is 0 Å². The molecule has 2 N–H and O–H groups in total. The fourth-order valence-electron chi connectivity index (χ4n) is 1.84. The standard InChI is InChI=1S/C16H12N6/c17-10-12-6-8-14(9-7-12)20-16-21-15(11-18-22-16)19-13-4-2-1-3-5-13/h1-9,11H,(H2,19,20,21,22). The number of nitriles is 1. The molecule has 0 saturated carbocycles. The van der Waals surface area contributed by atoms with Gasteiger partial charge in [0.2, 0.25) is 5.95 Å². The number of aromatic nitrogens is 3. The highest BCUT2D eigenvalue weighted by Gasteiger charge is 2.02. The normalized spacial score (nSPS) is 9.77.